The number of rotatable bonds is 4. The van der Waals surface area contributed by atoms with Crippen LogP contribution in [0.25, 0.3) is 0 Å². The van der Waals surface area contributed by atoms with Gasteiger partial charge in [0.25, 0.3) is 17.6 Å². The molecule has 4 nitrogen and oxygen atoms in total. The van der Waals surface area contributed by atoms with Crippen LogP contribution < -0.4 is 10.3 Å². The van der Waals surface area contributed by atoms with Crippen LogP contribution >= 0.6 is 23.2 Å². The molecule has 1 heterocycles. The average Bonchev–Trinajstić information content (AvgIpc) is 2.47. The maximum absolute atomic E-state index is 11.6. The van der Waals surface area contributed by atoms with Gasteiger partial charge >= 0.3 is 5.97 Å². The first-order chi connectivity index (χ1) is 7.90. The first-order valence-electron chi connectivity index (χ1n) is 5.45. The van der Waals surface area contributed by atoms with E-state index in [9.17, 15) is 4.79 Å². The van der Waals surface area contributed by atoms with Gasteiger partial charge in [-0.1, -0.05) is 6.92 Å². The van der Waals surface area contributed by atoms with Crippen LogP contribution in [0.4, 0.5) is 0 Å². The molecule has 7 heteroatoms. The summed E-state index contributed by atoms with van der Waals surface area (Å²) in [5.74, 6) is -0.428. The van der Waals surface area contributed by atoms with Gasteiger partial charge in [-0.2, -0.15) is 0 Å². The lowest BCUT2D eigenvalue weighted by Crippen LogP contribution is -2.52. The Morgan fingerprint density at radius 1 is 1.59 bits per heavy atom. The molecule has 0 aliphatic carbocycles. The lowest BCUT2D eigenvalue weighted by atomic mass is 9.64. The minimum absolute atomic E-state index is 0.207. The fraction of sp³-hybridized carbons (Fsp3) is 0.600. The number of aromatic nitrogens is 2. The average molecular weight is 278 g/mol. The Kier molecular flexibility index (Phi) is 4.89. The number of ether oxygens (including phenoxy) is 1. The van der Waals surface area contributed by atoms with E-state index in [0.717, 1.165) is 5.72 Å². The molecule has 0 aromatic carbocycles. The van der Waals surface area contributed by atoms with Crippen molar-refractivity contribution >= 4 is 42.2 Å². The number of hydrogen-bond donors (Lipinski definition) is 0. The fourth-order valence-electron chi connectivity index (χ4n) is 1.64. The highest BCUT2D eigenvalue weighted by molar-refractivity contribution is 6.56. The summed E-state index contributed by atoms with van der Waals surface area (Å²) in [6.45, 7) is 4.01. The van der Waals surface area contributed by atoms with Gasteiger partial charge in [-0.15, -0.1) is 0 Å². The zero-order valence-electron chi connectivity index (χ0n) is 10.5. The topological polar surface area (TPSA) is 35.1 Å². The predicted octanol–water partition coefficient (Wildman–Crippen LogP) is 0.590. The maximum atomic E-state index is 11.6. The molecule has 0 radical (unpaired) electrons. The van der Waals surface area contributed by atoms with Gasteiger partial charge in [0.05, 0.1) is 20.7 Å². The number of nitrogens with zero attached hydrogens (tertiary/aromatic N) is 2. The maximum Gasteiger partial charge on any atom is 0.301 e. The van der Waals surface area contributed by atoms with Crippen LogP contribution in [0.15, 0.2) is 0 Å². The summed E-state index contributed by atoms with van der Waals surface area (Å²) in [6, 6.07) is 0. The number of carbonyl (C=O) groups excluding carboxylic acids is 1. The summed E-state index contributed by atoms with van der Waals surface area (Å²) in [7, 11) is 4.18. The first-order valence-corrected chi connectivity index (χ1v) is 6.20. The molecule has 1 unspecified atom stereocenters. The zero-order chi connectivity index (χ0) is 13.2. The van der Waals surface area contributed by atoms with E-state index in [4.69, 9.17) is 27.9 Å². The van der Waals surface area contributed by atoms with Crippen molar-refractivity contribution in [2.45, 2.75) is 19.7 Å². The highest BCUT2D eigenvalue weighted by atomic mass is 35.5. The molecule has 94 valence electrons. The molecular weight excluding hydrogens is 262 g/mol. The monoisotopic (exact) mass is 277 g/mol. The van der Waals surface area contributed by atoms with Crippen LogP contribution in [0.5, 0.6) is 0 Å². The van der Waals surface area contributed by atoms with Gasteiger partial charge in [-0.3, -0.25) is 4.79 Å². The van der Waals surface area contributed by atoms with Crippen LogP contribution in [0.2, 0.25) is 16.1 Å². The van der Waals surface area contributed by atoms with E-state index in [1.807, 2.05) is 21.0 Å². The molecule has 1 atom stereocenters. The summed E-state index contributed by atoms with van der Waals surface area (Å²) < 4.78 is 8.52. The van der Waals surface area contributed by atoms with Crippen molar-refractivity contribution < 1.29 is 14.1 Å². The molecule has 0 saturated heterocycles. The van der Waals surface area contributed by atoms with E-state index in [2.05, 4.69) is 0 Å². The van der Waals surface area contributed by atoms with Gasteiger partial charge in [0.2, 0.25) is 0 Å². The van der Waals surface area contributed by atoms with E-state index in [0.29, 0.717) is 24.2 Å². The molecule has 0 aliphatic rings. The molecule has 0 spiro atoms. The Morgan fingerprint density at radius 2 is 2.18 bits per heavy atom. The summed E-state index contributed by atoms with van der Waals surface area (Å²) in [4.78, 5) is 11.6. The number of halogens is 2. The van der Waals surface area contributed by atoms with Gasteiger partial charge in [0.1, 0.15) is 0 Å². The van der Waals surface area contributed by atoms with Gasteiger partial charge in [0, 0.05) is 5.82 Å². The number of imidazole rings is 1. The minimum atomic E-state index is -0.220. The van der Waals surface area contributed by atoms with Crippen molar-refractivity contribution in [1.82, 2.24) is 4.57 Å². The van der Waals surface area contributed by atoms with E-state index in [-0.39, 0.29) is 11.8 Å². The summed E-state index contributed by atoms with van der Waals surface area (Å²) in [6.07, 6.45) is 0. The quantitative estimate of drug-likeness (QED) is 0.459. The third-order valence-corrected chi connectivity index (χ3v) is 3.67. The number of carbonyl (C=O) groups is 1. The van der Waals surface area contributed by atoms with Gasteiger partial charge in [0.15, 0.2) is 5.72 Å². The summed E-state index contributed by atoms with van der Waals surface area (Å²) in [5, 5.41) is 0.945. The fourth-order valence-corrected chi connectivity index (χ4v) is 2.09. The highest BCUT2D eigenvalue weighted by Gasteiger charge is 2.29. The number of hydrogen-bond acceptors (Lipinski definition) is 2. The molecule has 0 fully saturated rings. The molecule has 1 aromatic rings. The van der Waals surface area contributed by atoms with E-state index in [1.165, 1.54) is 0 Å². The summed E-state index contributed by atoms with van der Waals surface area (Å²) in [5.41, 5.74) is 0.889. The molecule has 0 bridgehead atoms. The van der Waals surface area contributed by atoms with Crippen molar-refractivity contribution in [3.63, 3.8) is 0 Å². The molecule has 0 amide bonds. The minimum Gasteiger partial charge on any atom is -0.466 e. The Balaban J connectivity index is 2.89. The normalized spacial score (nSPS) is 12.4. The molecule has 0 N–H and O–H groups in total. The predicted molar refractivity (Wildman–Crippen MR) is 69.4 cm³/mol. The standard InChI is InChI=1S/C10H16BCl2N2O2/c1-5-17-9(16)6(2)11-10-14(3)7(12)8(13)15(10)4/h6,11H,5H2,1-4H3/q+1. The van der Waals surface area contributed by atoms with Crippen LogP contribution in [-0.4, -0.2) is 24.4 Å². The Hall–Kier alpha value is -0.675. The smallest absolute Gasteiger partial charge is 0.301 e. The van der Waals surface area contributed by atoms with Crippen molar-refractivity contribution in [3.8, 4) is 0 Å². The van der Waals surface area contributed by atoms with Crippen molar-refractivity contribution in [2.75, 3.05) is 6.61 Å². The third kappa shape index (κ3) is 2.96. The van der Waals surface area contributed by atoms with Crippen molar-refractivity contribution in [1.29, 1.82) is 0 Å². The molecular formula is C10H16BCl2N2O2+. The van der Waals surface area contributed by atoms with Crippen LogP contribution in [0, 0.1) is 0 Å². The molecule has 0 aliphatic heterocycles. The van der Waals surface area contributed by atoms with Crippen LogP contribution in [0.1, 0.15) is 13.8 Å². The SMILES string of the molecule is CCOC(=O)C(C)Bc1n(C)c(Cl)c(Cl)[n+]1C. The first kappa shape index (κ1) is 14.4. The molecule has 17 heavy (non-hydrogen) atoms. The second kappa shape index (κ2) is 5.78. The van der Waals surface area contributed by atoms with E-state index in [1.54, 1.807) is 16.1 Å². The zero-order valence-corrected chi connectivity index (χ0v) is 12.0. The molecule has 1 aromatic heterocycles. The number of esters is 1. The lowest BCUT2D eigenvalue weighted by molar-refractivity contribution is -0.650. The second-order valence-electron chi connectivity index (χ2n) is 3.97. The van der Waals surface area contributed by atoms with Crippen LogP contribution in [-0.2, 0) is 23.6 Å². The Labute approximate surface area is 112 Å². The largest absolute Gasteiger partial charge is 0.466 e. The summed E-state index contributed by atoms with van der Waals surface area (Å²) >= 11 is 12.0. The van der Waals surface area contributed by atoms with Crippen LogP contribution in [0.3, 0.4) is 0 Å². The highest BCUT2D eigenvalue weighted by Crippen LogP contribution is 2.16. The third-order valence-electron chi connectivity index (χ3n) is 2.71. The molecule has 0 saturated carbocycles. The second-order valence-corrected chi connectivity index (χ2v) is 4.69. The van der Waals surface area contributed by atoms with E-state index >= 15 is 0 Å². The van der Waals surface area contributed by atoms with Crippen molar-refractivity contribution in [3.05, 3.63) is 10.3 Å². The Bertz CT molecular complexity index is 409. The van der Waals surface area contributed by atoms with Gasteiger partial charge in [-0.05, 0) is 30.1 Å². The van der Waals surface area contributed by atoms with Gasteiger partial charge in [-0.25, -0.2) is 9.13 Å². The van der Waals surface area contributed by atoms with E-state index < -0.39 is 0 Å². The van der Waals surface area contributed by atoms with Gasteiger partial charge < -0.3 is 4.74 Å². The lowest BCUT2D eigenvalue weighted by Gasteiger charge is -2.07. The van der Waals surface area contributed by atoms with Crippen molar-refractivity contribution in [2.24, 2.45) is 14.1 Å². The molecule has 1 rings (SSSR count). The Morgan fingerprint density at radius 3 is 2.59 bits per heavy atom.